The lowest BCUT2D eigenvalue weighted by Crippen LogP contribution is -2.02. The van der Waals surface area contributed by atoms with Crippen molar-refractivity contribution in [3.05, 3.63) is 47.8 Å². The number of aliphatic hydroxyl groups excluding tert-OH is 1. The summed E-state index contributed by atoms with van der Waals surface area (Å²) in [4.78, 5) is 0. The van der Waals surface area contributed by atoms with Gasteiger partial charge in [-0.25, -0.2) is 4.39 Å². The number of nitrogens with one attached hydrogen (secondary N) is 1. The summed E-state index contributed by atoms with van der Waals surface area (Å²) in [5.41, 5.74) is 1.64. The maximum Gasteiger partial charge on any atom is 0.169 e. The summed E-state index contributed by atoms with van der Waals surface area (Å²) in [5.74, 6) is -0.221. The van der Waals surface area contributed by atoms with Gasteiger partial charge >= 0.3 is 0 Å². The van der Waals surface area contributed by atoms with E-state index < -0.39 is 5.82 Å². The van der Waals surface area contributed by atoms with Crippen LogP contribution >= 0.6 is 0 Å². The molecule has 0 aliphatic rings. The maximum atomic E-state index is 14.1. The standard InChI is InChI=1S/C18H22FNO3/c1-2-13-5-7-18(16(22)11-13)23-17-8-6-14(12-15(17)19)20-9-3-4-10-21/h5-8,11-12,20-22H,2-4,9-10H2,1H3. The first-order chi connectivity index (χ1) is 11.1. The largest absolute Gasteiger partial charge is 0.504 e. The number of benzene rings is 2. The van der Waals surface area contributed by atoms with Crippen LogP contribution in [0.15, 0.2) is 36.4 Å². The normalized spacial score (nSPS) is 10.6. The fraction of sp³-hybridized carbons (Fsp3) is 0.333. The summed E-state index contributed by atoms with van der Waals surface area (Å²) in [5, 5.41) is 21.7. The number of ether oxygens (including phenoxy) is 1. The van der Waals surface area contributed by atoms with Gasteiger partial charge in [-0.2, -0.15) is 0 Å². The number of aryl methyl sites for hydroxylation is 1. The molecule has 0 saturated carbocycles. The summed E-state index contributed by atoms with van der Waals surface area (Å²) in [7, 11) is 0. The molecule has 0 aliphatic carbocycles. The zero-order valence-electron chi connectivity index (χ0n) is 13.2. The zero-order valence-corrected chi connectivity index (χ0v) is 13.2. The Hall–Kier alpha value is -2.27. The predicted molar refractivity (Wildman–Crippen MR) is 88.8 cm³/mol. The van der Waals surface area contributed by atoms with Crippen LogP contribution in [0.1, 0.15) is 25.3 Å². The number of halogens is 1. The highest BCUT2D eigenvalue weighted by atomic mass is 19.1. The molecule has 0 spiro atoms. The van der Waals surface area contributed by atoms with Crippen LogP contribution in [-0.2, 0) is 6.42 Å². The number of unbranched alkanes of at least 4 members (excludes halogenated alkanes) is 1. The predicted octanol–water partition coefficient (Wildman–Crippen LogP) is 4.07. The van der Waals surface area contributed by atoms with Gasteiger partial charge in [0.2, 0.25) is 0 Å². The van der Waals surface area contributed by atoms with Crippen molar-refractivity contribution in [1.29, 1.82) is 0 Å². The Morgan fingerprint density at radius 1 is 1.09 bits per heavy atom. The monoisotopic (exact) mass is 319 g/mol. The van der Waals surface area contributed by atoms with Crippen LogP contribution in [-0.4, -0.2) is 23.4 Å². The Kier molecular flexibility index (Phi) is 6.23. The van der Waals surface area contributed by atoms with E-state index in [0.29, 0.717) is 18.7 Å². The van der Waals surface area contributed by atoms with Gasteiger partial charge in [-0.15, -0.1) is 0 Å². The first-order valence-electron chi connectivity index (χ1n) is 7.78. The minimum Gasteiger partial charge on any atom is -0.504 e. The molecule has 23 heavy (non-hydrogen) atoms. The summed E-state index contributed by atoms with van der Waals surface area (Å²) in [6, 6.07) is 9.68. The fourth-order valence-electron chi connectivity index (χ4n) is 2.15. The molecule has 2 aromatic rings. The average molecular weight is 319 g/mol. The first-order valence-corrected chi connectivity index (χ1v) is 7.78. The molecule has 2 rings (SSSR count). The molecule has 0 heterocycles. The van der Waals surface area contributed by atoms with Gasteiger partial charge in [0, 0.05) is 24.9 Å². The van der Waals surface area contributed by atoms with Gasteiger partial charge in [-0.1, -0.05) is 13.0 Å². The van der Waals surface area contributed by atoms with Crippen molar-refractivity contribution >= 4 is 5.69 Å². The molecule has 4 nitrogen and oxygen atoms in total. The quantitative estimate of drug-likeness (QED) is 0.642. The number of hydrogen-bond acceptors (Lipinski definition) is 4. The van der Waals surface area contributed by atoms with Gasteiger partial charge in [0.25, 0.3) is 0 Å². The van der Waals surface area contributed by atoms with Crippen molar-refractivity contribution in [2.75, 3.05) is 18.5 Å². The lowest BCUT2D eigenvalue weighted by molar-refractivity contribution is 0.286. The second-order valence-corrected chi connectivity index (χ2v) is 5.26. The number of rotatable bonds is 8. The topological polar surface area (TPSA) is 61.7 Å². The molecule has 0 aromatic heterocycles. The van der Waals surface area contributed by atoms with E-state index in [4.69, 9.17) is 9.84 Å². The molecule has 0 unspecified atom stereocenters. The maximum absolute atomic E-state index is 14.1. The number of phenolic OH excluding ortho intramolecular Hbond substituents is 1. The van der Waals surface area contributed by atoms with Crippen molar-refractivity contribution in [3.63, 3.8) is 0 Å². The molecule has 3 N–H and O–H groups in total. The van der Waals surface area contributed by atoms with Crippen LogP contribution in [0.3, 0.4) is 0 Å². The summed E-state index contributed by atoms with van der Waals surface area (Å²) < 4.78 is 19.6. The minimum atomic E-state index is -0.504. The molecular weight excluding hydrogens is 297 g/mol. The summed E-state index contributed by atoms with van der Waals surface area (Å²) in [6.07, 6.45) is 2.33. The van der Waals surface area contributed by atoms with Gasteiger partial charge in [0.15, 0.2) is 23.1 Å². The van der Waals surface area contributed by atoms with E-state index in [2.05, 4.69) is 5.32 Å². The Labute approximate surface area is 135 Å². The average Bonchev–Trinajstić information content (AvgIpc) is 2.55. The third-order valence-corrected chi connectivity index (χ3v) is 3.50. The third kappa shape index (κ3) is 4.86. The Balaban J connectivity index is 2.03. The number of anilines is 1. The van der Waals surface area contributed by atoms with Crippen LogP contribution in [0.2, 0.25) is 0 Å². The van der Waals surface area contributed by atoms with E-state index in [9.17, 15) is 9.50 Å². The highest BCUT2D eigenvalue weighted by molar-refractivity contribution is 5.50. The van der Waals surface area contributed by atoms with Gasteiger partial charge in [-0.3, -0.25) is 0 Å². The molecule has 2 aromatic carbocycles. The van der Waals surface area contributed by atoms with Gasteiger partial charge in [0.1, 0.15) is 0 Å². The summed E-state index contributed by atoms with van der Waals surface area (Å²) >= 11 is 0. The SMILES string of the molecule is CCc1ccc(Oc2ccc(NCCCCO)cc2F)c(O)c1. The lowest BCUT2D eigenvalue weighted by atomic mass is 10.1. The number of phenols is 1. The molecular formula is C18H22FNO3. The van der Waals surface area contributed by atoms with E-state index >= 15 is 0 Å². The van der Waals surface area contributed by atoms with E-state index in [-0.39, 0.29) is 23.9 Å². The van der Waals surface area contributed by atoms with E-state index in [1.54, 1.807) is 18.2 Å². The molecule has 0 fully saturated rings. The van der Waals surface area contributed by atoms with Crippen LogP contribution in [0.4, 0.5) is 10.1 Å². The highest BCUT2D eigenvalue weighted by Gasteiger charge is 2.09. The van der Waals surface area contributed by atoms with Gasteiger partial charge in [0.05, 0.1) is 0 Å². The number of aliphatic hydroxyl groups is 1. The van der Waals surface area contributed by atoms with Crippen LogP contribution in [0.5, 0.6) is 17.2 Å². The van der Waals surface area contributed by atoms with E-state index in [0.717, 1.165) is 18.4 Å². The van der Waals surface area contributed by atoms with E-state index in [1.807, 2.05) is 13.0 Å². The van der Waals surface area contributed by atoms with Crippen molar-refractivity contribution in [2.24, 2.45) is 0 Å². The molecule has 0 amide bonds. The second kappa shape index (κ2) is 8.39. The molecule has 0 radical (unpaired) electrons. The van der Waals surface area contributed by atoms with Gasteiger partial charge in [-0.05, 0) is 49.1 Å². The van der Waals surface area contributed by atoms with Crippen molar-refractivity contribution in [2.45, 2.75) is 26.2 Å². The lowest BCUT2D eigenvalue weighted by Gasteiger charge is -2.11. The number of hydrogen-bond donors (Lipinski definition) is 3. The molecule has 5 heteroatoms. The van der Waals surface area contributed by atoms with Crippen LogP contribution in [0, 0.1) is 5.82 Å². The minimum absolute atomic E-state index is 0.00467. The molecule has 0 atom stereocenters. The van der Waals surface area contributed by atoms with Crippen molar-refractivity contribution < 1.29 is 19.3 Å². The summed E-state index contributed by atoms with van der Waals surface area (Å²) in [6.45, 7) is 2.81. The number of aromatic hydroxyl groups is 1. The van der Waals surface area contributed by atoms with Crippen molar-refractivity contribution in [1.82, 2.24) is 0 Å². The zero-order chi connectivity index (χ0) is 16.7. The Morgan fingerprint density at radius 3 is 2.52 bits per heavy atom. The van der Waals surface area contributed by atoms with E-state index in [1.165, 1.54) is 12.1 Å². The molecule has 0 aliphatic heterocycles. The third-order valence-electron chi connectivity index (χ3n) is 3.50. The molecule has 0 bridgehead atoms. The molecule has 0 saturated heterocycles. The van der Waals surface area contributed by atoms with Crippen molar-refractivity contribution in [3.8, 4) is 17.2 Å². The van der Waals surface area contributed by atoms with Crippen LogP contribution < -0.4 is 10.1 Å². The second-order valence-electron chi connectivity index (χ2n) is 5.26. The van der Waals surface area contributed by atoms with Crippen LogP contribution in [0.25, 0.3) is 0 Å². The smallest absolute Gasteiger partial charge is 0.169 e. The first kappa shape index (κ1) is 17.1. The fourth-order valence-corrected chi connectivity index (χ4v) is 2.15. The Bertz CT molecular complexity index is 646. The highest BCUT2D eigenvalue weighted by Crippen LogP contribution is 2.33. The van der Waals surface area contributed by atoms with Gasteiger partial charge < -0.3 is 20.3 Å². The Morgan fingerprint density at radius 2 is 1.87 bits per heavy atom. The molecule has 124 valence electrons.